The van der Waals surface area contributed by atoms with E-state index >= 15 is 0 Å². The third kappa shape index (κ3) is 4.20. The van der Waals surface area contributed by atoms with E-state index in [1.807, 2.05) is 100 Å². The first-order chi connectivity index (χ1) is 11.5. The number of aryl methyl sites for hydroxylation is 2. The third-order valence-corrected chi connectivity index (χ3v) is 4.37. The fourth-order valence-electron chi connectivity index (χ4n) is 2.52. The molecule has 3 aromatic rings. The molecule has 0 saturated heterocycles. The molecule has 0 aromatic heterocycles. The molecule has 0 saturated carbocycles. The van der Waals surface area contributed by atoms with Gasteiger partial charge in [-0.05, 0) is 49.9 Å². The fourth-order valence-corrected chi connectivity index (χ4v) is 2.52. The molecule has 3 rings (SSSR count). The van der Waals surface area contributed by atoms with Gasteiger partial charge in [0, 0.05) is 11.1 Å². The van der Waals surface area contributed by atoms with Gasteiger partial charge in [0.2, 0.25) is 0 Å². The molecule has 0 amide bonds. The SMILES string of the molecule is Cc1cccc(C(=O)c2cccc(C)c2C)c1C.c1ccccc1. The summed E-state index contributed by atoms with van der Waals surface area (Å²) in [5, 5.41) is 0. The Bertz CT molecular complexity index is 736. The van der Waals surface area contributed by atoms with Crippen molar-refractivity contribution in [3.8, 4) is 0 Å². The first kappa shape index (κ1) is 17.7. The molecule has 24 heavy (non-hydrogen) atoms. The molecule has 0 unspecified atom stereocenters. The second-order valence-corrected chi connectivity index (χ2v) is 5.98. The molecule has 0 heterocycles. The summed E-state index contributed by atoms with van der Waals surface area (Å²) in [4.78, 5) is 12.6. The van der Waals surface area contributed by atoms with Crippen LogP contribution in [0.25, 0.3) is 0 Å². The summed E-state index contributed by atoms with van der Waals surface area (Å²) >= 11 is 0. The van der Waals surface area contributed by atoms with Crippen molar-refractivity contribution in [1.82, 2.24) is 0 Å². The first-order valence-electron chi connectivity index (χ1n) is 8.19. The Balaban J connectivity index is 0.000000292. The van der Waals surface area contributed by atoms with Crippen LogP contribution in [0.3, 0.4) is 0 Å². The number of carbonyl (C=O) groups excluding carboxylic acids is 1. The maximum atomic E-state index is 12.6. The lowest BCUT2D eigenvalue weighted by Crippen LogP contribution is -2.07. The van der Waals surface area contributed by atoms with Crippen LogP contribution < -0.4 is 0 Å². The molecule has 1 heteroatoms. The van der Waals surface area contributed by atoms with Crippen molar-refractivity contribution in [3.63, 3.8) is 0 Å². The number of hydrogen-bond donors (Lipinski definition) is 0. The van der Waals surface area contributed by atoms with E-state index in [9.17, 15) is 4.79 Å². The Kier molecular flexibility index (Phi) is 6.08. The predicted molar refractivity (Wildman–Crippen MR) is 102 cm³/mol. The van der Waals surface area contributed by atoms with E-state index in [0.29, 0.717) is 0 Å². The van der Waals surface area contributed by atoms with Gasteiger partial charge in [-0.3, -0.25) is 4.79 Å². The van der Waals surface area contributed by atoms with Crippen molar-refractivity contribution in [1.29, 1.82) is 0 Å². The van der Waals surface area contributed by atoms with Gasteiger partial charge in [0.15, 0.2) is 5.78 Å². The van der Waals surface area contributed by atoms with E-state index in [2.05, 4.69) is 0 Å². The van der Waals surface area contributed by atoms with Gasteiger partial charge in [-0.15, -0.1) is 0 Å². The van der Waals surface area contributed by atoms with Gasteiger partial charge in [0.25, 0.3) is 0 Å². The first-order valence-corrected chi connectivity index (χ1v) is 8.19. The average molecular weight is 316 g/mol. The molecule has 0 aliphatic carbocycles. The lowest BCUT2D eigenvalue weighted by atomic mass is 9.92. The van der Waals surface area contributed by atoms with Gasteiger partial charge in [-0.2, -0.15) is 0 Å². The van der Waals surface area contributed by atoms with Gasteiger partial charge in [0.05, 0.1) is 0 Å². The number of hydrogen-bond acceptors (Lipinski definition) is 1. The summed E-state index contributed by atoms with van der Waals surface area (Å²) in [6.45, 7) is 8.09. The Hall–Kier alpha value is -2.67. The van der Waals surface area contributed by atoms with Crippen LogP contribution in [-0.2, 0) is 0 Å². The van der Waals surface area contributed by atoms with Gasteiger partial charge < -0.3 is 0 Å². The van der Waals surface area contributed by atoms with Gasteiger partial charge >= 0.3 is 0 Å². The zero-order valence-corrected chi connectivity index (χ0v) is 14.8. The minimum absolute atomic E-state index is 0.123. The number of carbonyl (C=O) groups is 1. The number of benzene rings is 3. The summed E-state index contributed by atoms with van der Waals surface area (Å²) in [5.74, 6) is 0.123. The van der Waals surface area contributed by atoms with Crippen molar-refractivity contribution in [2.24, 2.45) is 0 Å². The van der Waals surface area contributed by atoms with E-state index in [1.165, 1.54) is 0 Å². The molecular weight excluding hydrogens is 292 g/mol. The third-order valence-electron chi connectivity index (χ3n) is 4.37. The molecule has 0 atom stereocenters. The highest BCUT2D eigenvalue weighted by Crippen LogP contribution is 2.20. The molecule has 1 nitrogen and oxygen atoms in total. The van der Waals surface area contributed by atoms with Crippen molar-refractivity contribution in [2.45, 2.75) is 27.7 Å². The Morgan fingerprint density at radius 2 is 0.875 bits per heavy atom. The van der Waals surface area contributed by atoms with E-state index in [4.69, 9.17) is 0 Å². The van der Waals surface area contributed by atoms with Crippen LogP contribution in [0.2, 0.25) is 0 Å². The van der Waals surface area contributed by atoms with Crippen LogP contribution in [0.5, 0.6) is 0 Å². The molecule has 0 spiro atoms. The molecule has 0 N–H and O–H groups in total. The molecular formula is C23H24O. The summed E-state index contributed by atoms with van der Waals surface area (Å²) in [6, 6.07) is 23.8. The normalized spacial score (nSPS) is 9.83. The highest BCUT2D eigenvalue weighted by atomic mass is 16.1. The van der Waals surface area contributed by atoms with Crippen LogP contribution in [0.1, 0.15) is 38.2 Å². The standard InChI is InChI=1S/C17H18O.C6H6/c1-11-7-5-9-15(13(11)3)17(18)16-10-6-8-12(2)14(16)4;1-2-4-6-5-3-1/h5-10H,1-4H3;1-6H. The summed E-state index contributed by atoms with van der Waals surface area (Å²) in [5.41, 5.74) is 6.08. The van der Waals surface area contributed by atoms with Crippen LogP contribution in [0, 0.1) is 27.7 Å². The quantitative estimate of drug-likeness (QED) is 0.543. The van der Waals surface area contributed by atoms with E-state index in [-0.39, 0.29) is 5.78 Å². The fraction of sp³-hybridized carbons (Fsp3) is 0.174. The van der Waals surface area contributed by atoms with E-state index in [0.717, 1.165) is 33.4 Å². The largest absolute Gasteiger partial charge is 0.289 e. The Labute approximate surface area is 145 Å². The summed E-state index contributed by atoms with van der Waals surface area (Å²) in [7, 11) is 0. The highest BCUT2D eigenvalue weighted by molar-refractivity contribution is 6.11. The molecule has 0 aliphatic rings. The highest BCUT2D eigenvalue weighted by Gasteiger charge is 2.15. The zero-order valence-electron chi connectivity index (χ0n) is 14.8. The topological polar surface area (TPSA) is 17.1 Å². The molecule has 0 bridgehead atoms. The lowest BCUT2D eigenvalue weighted by Gasteiger charge is -2.11. The molecule has 122 valence electrons. The summed E-state index contributed by atoms with van der Waals surface area (Å²) in [6.07, 6.45) is 0. The Morgan fingerprint density at radius 3 is 1.21 bits per heavy atom. The minimum Gasteiger partial charge on any atom is -0.289 e. The second-order valence-electron chi connectivity index (χ2n) is 5.98. The minimum atomic E-state index is 0.123. The van der Waals surface area contributed by atoms with Crippen LogP contribution >= 0.6 is 0 Å². The predicted octanol–water partition coefficient (Wildman–Crippen LogP) is 5.84. The number of ketones is 1. The van der Waals surface area contributed by atoms with Crippen LogP contribution in [0.4, 0.5) is 0 Å². The van der Waals surface area contributed by atoms with Crippen molar-refractivity contribution < 1.29 is 4.79 Å². The molecule has 0 aliphatic heterocycles. The maximum absolute atomic E-state index is 12.6. The smallest absolute Gasteiger partial charge is 0.193 e. The van der Waals surface area contributed by atoms with E-state index in [1.54, 1.807) is 0 Å². The van der Waals surface area contributed by atoms with Crippen LogP contribution in [-0.4, -0.2) is 5.78 Å². The Morgan fingerprint density at radius 1 is 0.542 bits per heavy atom. The van der Waals surface area contributed by atoms with Crippen molar-refractivity contribution >= 4 is 5.78 Å². The average Bonchev–Trinajstić information content (AvgIpc) is 2.61. The van der Waals surface area contributed by atoms with E-state index < -0.39 is 0 Å². The van der Waals surface area contributed by atoms with Gasteiger partial charge in [0.1, 0.15) is 0 Å². The van der Waals surface area contributed by atoms with Crippen molar-refractivity contribution in [2.75, 3.05) is 0 Å². The van der Waals surface area contributed by atoms with Crippen molar-refractivity contribution in [3.05, 3.63) is 106 Å². The molecule has 0 radical (unpaired) electrons. The zero-order chi connectivity index (χ0) is 17.5. The monoisotopic (exact) mass is 316 g/mol. The molecule has 0 fully saturated rings. The second kappa shape index (κ2) is 8.26. The van der Waals surface area contributed by atoms with Crippen LogP contribution in [0.15, 0.2) is 72.8 Å². The van der Waals surface area contributed by atoms with Gasteiger partial charge in [-0.25, -0.2) is 0 Å². The summed E-state index contributed by atoms with van der Waals surface area (Å²) < 4.78 is 0. The lowest BCUT2D eigenvalue weighted by molar-refractivity contribution is 0.103. The number of rotatable bonds is 2. The molecule has 3 aromatic carbocycles. The van der Waals surface area contributed by atoms with Gasteiger partial charge in [-0.1, -0.05) is 72.8 Å². The maximum Gasteiger partial charge on any atom is 0.193 e.